The molecule has 5 nitrogen and oxygen atoms in total. The summed E-state index contributed by atoms with van der Waals surface area (Å²) in [6.07, 6.45) is 1.72. The maximum Gasteiger partial charge on any atom is 0.243 e. The van der Waals surface area contributed by atoms with Crippen LogP contribution >= 0.6 is 22.6 Å². The average molecular weight is 456 g/mol. The van der Waals surface area contributed by atoms with E-state index in [4.69, 9.17) is 9.73 Å². The number of nitrogens with zero attached hydrogens (tertiary/aromatic N) is 2. The number of para-hydroxylation sites is 1. The van der Waals surface area contributed by atoms with E-state index in [1.807, 2.05) is 42.5 Å². The molecule has 0 bridgehead atoms. The van der Waals surface area contributed by atoms with Gasteiger partial charge in [0.1, 0.15) is 17.3 Å². The number of pyridine rings is 1. The number of hydrogen-bond donors (Lipinski definition) is 2. The SMILES string of the molecule is Cc1ccc2c(c1)NCC(Nc1cccnc1Oc1ccccc1I)=N2. The van der Waals surface area contributed by atoms with Gasteiger partial charge in [0.05, 0.1) is 21.5 Å². The number of aromatic nitrogens is 1. The van der Waals surface area contributed by atoms with Gasteiger partial charge in [-0.05, 0) is 71.5 Å². The summed E-state index contributed by atoms with van der Waals surface area (Å²) in [7, 11) is 0. The molecule has 0 saturated heterocycles. The molecule has 0 amide bonds. The normalized spacial score (nSPS) is 12.6. The molecule has 2 aromatic carbocycles. The predicted octanol–water partition coefficient (Wildman–Crippen LogP) is 5.35. The van der Waals surface area contributed by atoms with Crippen LogP contribution in [-0.4, -0.2) is 17.4 Å². The summed E-state index contributed by atoms with van der Waals surface area (Å²) >= 11 is 2.25. The number of hydrogen-bond acceptors (Lipinski definition) is 5. The lowest BCUT2D eigenvalue weighted by Crippen LogP contribution is -2.25. The summed E-state index contributed by atoms with van der Waals surface area (Å²) < 4.78 is 7.04. The van der Waals surface area contributed by atoms with Gasteiger partial charge in [0.25, 0.3) is 0 Å². The van der Waals surface area contributed by atoms with Crippen LogP contribution in [0.25, 0.3) is 0 Å². The van der Waals surface area contributed by atoms with Gasteiger partial charge in [-0.15, -0.1) is 0 Å². The van der Waals surface area contributed by atoms with Crippen LogP contribution in [0.1, 0.15) is 5.56 Å². The number of anilines is 2. The highest BCUT2D eigenvalue weighted by molar-refractivity contribution is 14.1. The van der Waals surface area contributed by atoms with E-state index < -0.39 is 0 Å². The second kappa shape index (κ2) is 7.33. The van der Waals surface area contributed by atoms with E-state index in [-0.39, 0.29) is 0 Å². The molecule has 0 fully saturated rings. The Morgan fingerprint density at radius 2 is 2.00 bits per heavy atom. The first-order chi connectivity index (χ1) is 12.7. The highest BCUT2D eigenvalue weighted by Crippen LogP contribution is 2.32. The van der Waals surface area contributed by atoms with E-state index in [0.717, 1.165) is 32.2 Å². The van der Waals surface area contributed by atoms with Gasteiger partial charge in [-0.3, -0.25) is 0 Å². The second-order valence-electron chi connectivity index (χ2n) is 5.95. The molecule has 1 aliphatic rings. The largest absolute Gasteiger partial charge is 0.436 e. The average Bonchev–Trinajstić information content (AvgIpc) is 2.65. The van der Waals surface area contributed by atoms with Crippen molar-refractivity contribution >= 4 is 45.5 Å². The molecule has 6 heteroatoms. The van der Waals surface area contributed by atoms with Crippen molar-refractivity contribution < 1.29 is 4.74 Å². The first-order valence-electron chi connectivity index (χ1n) is 8.25. The lowest BCUT2D eigenvalue weighted by atomic mass is 10.1. The molecular formula is C20H17IN4O. The monoisotopic (exact) mass is 456 g/mol. The summed E-state index contributed by atoms with van der Waals surface area (Å²) in [6.45, 7) is 2.69. The highest BCUT2D eigenvalue weighted by atomic mass is 127. The maximum atomic E-state index is 6.01. The zero-order valence-electron chi connectivity index (χ0n) is 14.2. The molecule has 0 spiro atoms. The Bertz CT molecular complexity index is 987. The molecule has 0 saturated carbocycles. The Morgan fingerprint density at radius 3 is 2.88 bits per heavy atom. The summed E-state index contributed by atoms with van der Waals surface area (Å²) in [6, 6.07) is 17.8. The van der Waals surface area contributed by atoms with Crippen LogP contribution in [-0.2, 0) is 0 Å². The van der Waals surface area contributed by atoms with Crippen molar-refractivity contribution in [2.45, 2.75) is 6.92 Å². The minimum Gasteiger partial charge on any atom is -0.436 e. The Kier molecular flexibility index (Phi) is 4.75. The fourth-order valence-electron chi connectivity index (χ4n) is 2.68. The Balaban J connectivity index is 1.60. The van der Waals surface area contributed by atoms with E-state index in [0.29, 0.717) is 12.4 Å². The number of nitrogens with one attached hydrogen (secondary N) is 2. The van der Waals surface area contributed by atoms with Gasteiger partial charge in [-0.1, -0.05) is 18.2 Å². The van der Waals surface area contributed by atoms with Crippen molar-refractivity contribution in [1.82, 2.24) is 4.98 Å². The molecule has 0 radical (unpaired) electrons. The second-order valence-corrected chi connectivity index (χ2v) is 7.11. The molecule has 1 aromatic heterocycles. The Labute approximate surface area is 165 Å². The number of aryl methyl sites for hydroxylation is 1. The van der Waals surface area contributed by atoms with Crippen LogP contribution in [0, 0.1) is 10.5 Å². The minimum absolute atomic E-state index is 0.522. The lowest BCUT2D eigenvalue weighted by molar-refractivity contribution is 0.462. The molecule has 4 rings (SSSR count). The van der Waals surface area contributed by atoms with Crippen molar-refractivity contribution in [3.63, 3.8) is 0 Å². The van der Waals surface area contributed by atoms with Gasteiger partial charge >= 0.3 is 0 Å². The van der Waals surface area contributed by atoms with Crippen LogP contribution in [0.15, 0.2) is 65.8 Å². The fourth-order valence-corrected chi connectivity index (χ4v) is 3.18. The number of aliphatic imine (C=N–C) groups is 1. The van der Waals surface area contributed by atoms with Crippen molar-refractivity contribution in [3.05, 3.63) is 69.9 Å². The summed E-state index contributed by atoms with van der Waals surface area (Å²) in [4.78, 5) is 9.08. The maximum absolute atomic E-state index is 6.01. The molecule has 26 heavy (non-hydrogen) atoms. The summed E-state index contributed by atoms with van der Waals surface area (Å²) in [5.41, 5.74) is 3.97. The first-order valence-corrected chi connectivity index (χ1v) is 9.33. The molecule has 0 aliphatic carbocycles. The molecule has 3 aromatic rings. The van der Waals surface area contributed by atoms with E-state index in [9.17, 15) is 0 Å². The zero-order valence-corrected chi connectivity index (χ0v) is 16.3. The van der Waals surface area contributed by atoms with Crippen LogP contribution < -0.4 is 15.4 Å². The number of ether oxygens (including phenoxy) is 1. The first kappa shape index (κ1) is 16.8. The number of rotatable bonds is 3. The van der Waals surface area contributed by atoms with E-state index in [1.165, 1.54) is 5.56 Å². The van der Waals surface area contributed by atoms with Crippen molar-refractivity contribution in [3.8, 4) is 11.6 Å². The topological polar surface area (TPSA) is 58.5 Å². The molecule has 0 unspecified atom stereocenters. The van der Waals surface area contributed by atoms with E-state index in [1.54, 1.807) is 6.20 Å². The van der Waals surface area contributed by atoms with E-state index in [2.05, 4.69) is 57.3 Å². The molecular weight excluding hydrogens is 439 g/mol. The standard InChI is InChI=1S/C20H17IN4O/c1-13-8-9-15-17(11-13)23-12-19(24-15)25-16-6-4-10-22-20(16)26-18-7-3-2-5-14(18)21/h2-11,23H,12H2,1H3,(H,24,25). The molecule has 1 aliphatic heterocycles. The zero-order chi connectivity index (χ0) is 17.9. The van der Waals surface area contributed by atoms with Gasteiger partial charge < -0.3 is 15.4 Å². The van der Waals surface area contributed by atoms with Crippen LogP contribution in [0.3, 0.4) is 0 Å². The molecule has 2 N–H and O–H groups in total. The van der Waals surface area contributed by atoms with Gasteiger partial charge in [0, 0.05) is 6.20 Å². The molecule has 130 valence electrons. The molecule has 0 atom stereocenters. The highest BCUT2D eigenvalue weighted by Gasteiger charge is 2.14. The van der Waals surface area contributed by atoms with Crippen LogP contribution in [0.2, 0.25) is 0 Å². The number of benzene rings is 2. The Morgan fingerprint density at radius 1 is 1.12 bits per heavy atom. The summed E-state index contributed by atoms with van der Waals surface area (Å²) in [5.74, 6) is 2.12. The van der Waals surface area contributed by atoms with Gasteiger partial charge in [0.2, 0.25) is 5.88 Å². The number of amidine groups is 1. The lowest BCUT2D eigenvalue weighted by Gasteiger charge is -2.20. The third kappa shape index (κ3) is 3.65. The molecule has 2 heterocycles. The van der Waals surface area contributed by atoms with Crippen LogP contribution in [0.4, 0.5) is 17.1 Å². The quantitative estimate of drug-likeness (QED) is 0.522. The van der Waals surface area contributed by atoms with Gasteiger partial charge in [-0.2, -0.15) is 0 Å². The van der Waals surface area contributed by atoms with Gasteiger partial charge in [0.15, 0.2) is 0 Å². The minimum atomic E-state index is 0.522. The third-order valence-corrected chi connectivity index (χ3v) is 4.84. The number of halogens is 1. The van der Waals surface area contributed by atoms with Crippen molar-refractivity contribution in [2.24, 2.45) is 4.99 Å². The predicted molar refractivity (Wildman–Crippen MR) is 114 cm³/mol. The fraction of sp³-hybridized carbons (Fsp3) is 0.100. The van der Waals surface area contributed by atoms with Crippen LogP contribution in [0.5, 0.6) is 11.6 Å². The van der Waals surface area contributed by atoms with Crippen molar-refractivity contribution in [2.75, 3.05) is 17.2 Å². The Hall–Kier alpha value is -2.61. The van der Waals surface area contributed by atoms with Gasteiger partial charge in [-0.25, -0.2) is 9.98 Å². The van der Waals surface area contributed by atoms with Crippen molar-refractivity contribution in [1.29, 1.82) is 0 Å². The van der Waals surface area contributed by atoms with E-state index >= 15 is 0 Å². The number of fused-ring (bicyclic) bond motifs is 1. The summed E-state index contributed by atoms with van der Waals surface area (Å²) in [5, 5.41) is 6.74. The smallest absolute Gasteiger partial charge is 0.243 e. The third-order valence-electron chi connectivity index (χ3n) is 3.95.